The van der Waals surface area contributed by atoms with Crippen molar-refractivity contribution in [2.45, 2.75) is 26.7 Å². The van der Waals surface area contributed by atoms with Gasteiger partial charge in [-0.1, -0.05) is 13.3 Å². The molecule has 0 aromatic carbocycles. The lowest BCUT2D eigenvalue weighted by molar-refractivity contribution is -0.137. The van der Waals surface area contributed by atoms with E-state index in [1.54, 1.807) is 18.7 Å². The topological polar surface area (TPSA) is 43.4 Å². The summed E-state index contributed by atoms with van der Waals surface area (Å²) in [5.41, 5.74) is 0. The van der Waals surface area contributed by atoms with Crippen molar-refractivity contribution in [1.82, 2.24) is 0 Å². The summed E-state index contributed by atoms with van der Waals surface area (Å²) < 4.78 is 16.7. The van der Waals surface area contributed by atoms with Gasteiger partial charge in [0.15, 0.2) is 0 Å². The van der Waals surface area contributed by atoms with Crippen molar-refractivity contribution in [3.63, 3.8) is 0 Å². The van der Waals surface area contributed by atoms with E-state index in [1.807, 2.05) is 6.92 Å². The lowest BCUT2D eigenvalue weighted by Crippen LogP contribution is -2.20. The van der Waals surface area contributed by atoms with Crippen molar-refractivity contribution in [2.75, 3.05) is 18.1 Å². The number of carbonyl (C=O) groups is 1. The van der Waals surface area contributed by atoms with E-state index in [1.165, 1.54) is 0 Å². The highest BCUT2D eigenvalue weighted by Gasteiger charge is 2.26. The Morgan fingerprint density at radius 3 is 2.87 bits per heavy atom. The summed E-state index contributed by atoms with van der Waals surface area (Å²) in [7, 11) is -1.16. The van der Waals surface area contributed by atoms with E-state index < -0.39 is 16.8 Å². The first-order chi connectivity index (χ1) is 7.20. The molecule has 0 aliphatic carbocycles. The summed E-state index contributed by atoms with van der Waals surface area (Å²) in [5, 5.41) is 0. The molecule has 1 aliphatic rings. The van der Waals surface area contributed by atoms with Gasteiger partial charge in [0.25, 0.3) is 0 Å². The van der Waals surface area contributed by atoms with Crippen LogP contribution in [-0.4, -0.2) is 28.3 Å². The average Bonchev–Trinajstić information content (AvgIpc) is 2.18. The lowest BCUT2D eigenvalue weighted by Gasteiger charge is -2.17. The van der Waals surface area contributed by atoms with E-state index in [4.69, 9.17) is 4.74 Å². The molecule has 0 bridgehead atoms. The molecule has 0 fully saturated rings. The number of allylic oxidation sites excluding steroid dienone is 1. The number of thioether (sulfide) groups is 1. The van der Waals surface area contributed by atoms with Crippen LogP contribution in [0.5, 0.6) is 0 Å². The Balaban J connectivity index is 2.91. The maximum absolute atomic E-state index is 11.7. The largest absolute Gasteiger partial charge is 0.462 e. The van der Waals surface area contributed by atoms with Crippen LogP contribution in [0.4, 0.5) is 0 Å². The molecule has 1 unspecified atom stereocenters. The highest BCUT2D eigenvalue weighted by Crippen LogP contribution is 2.31. The normalized spacial score (nSPS) is 21.6. The van der Waals surface area contributed by atoms with Gasteiger partial charge in [0.2, 0.25) is 0 Å². The molecule has 0 aromatic rings. The molecule has 1 rings (SSSR count). The monoisotopic (exact) mass is 248 g/mol. The fourth-order valence-electron chi connectivity index (χ4n) is 1.35. The molecule has 0 N–H and O–H groups in total. The molecule has 0 saturated carbocycles. The zero-order valence-corrected chi connectivity index (χ0v) is 10.7. The minimum Gasteiger partial charge on any atom is -0.462 e. The van der Waals surface area contributed by atoms with Gasteiger partial charge in [-0.25, -0.2) is 4.79 Å². The average molecular weight is 248 g/mol. The van der Waals surface area contributed by atoms with E-state index in [0.29, 0.717) is 17.3 Å². The van der Waals surface area contributed by atoms with Crippen LogP contribution in [0.3, 0.4) is 0 Å². The summed E-state index contributed by atoms with van der Waals surface area (Å²) in [6, 6.07) is 0. The maximum atomic E-state index is 11.7. The van der Waals surface area contributed by atoms with Gasteiger partial charge in [-0.05, 0) is 13.3 Å². The van der Waals surface area contributed by atoms with Crippen LogP contribution in [0.25, 0.3) is 0 Å². The van der Waals surface area contributed by atoms with Crippen molar-refractivity contribution in [1.29, 1.82) is 0 Å². The molecule has 5 heteroatoms. The van der Waals surface area contributed by atoms with Crippen LogP contribution < -0.4 is 0 Å². The molecule has 0 saturated heterocycles. The standard InChI is InChI=1S/C10H16O3S2/c1-3-5-8-9(10(11)13-4-2)15(12)7-6-14-8/h3-7H2,1-2H3. The Hall–Kier alpha value is -0.290. The van der Waals surface area contributed by atoms with Crippen LogP contribution in [-0.2, 0) is 20.3 Å². The Morgan fingerprint density at radius 2 is 2.27 bits per heavy atom. The molecule has 0 aromatic heterocycles. The van der Waals surface area contributed by atoms with Crippen LogP contribution >= 0.6 is 11.8 Å². The predicted molar refractivity (Wildman–Crippen MR) is 64.0 cm³/mol. The van der Waals surface area contributed by atoms with Gasteiger partial charge in [0.05, 0.1) is 17.4 Å². The van der Waals surface area contributed by atoms with Gasteiger partial charge in [-0.2, -0.15) is 0 Å². The van der Waals surface area contributed by atoms with Crippen LogP contribution in [0, 0.1) is 0 Å². The first-order valence-corrected chi connectivity index (χ1v) is 7.42. The number of hydrogen-bond acceptors (Lipinski definition) is 4. The second-order valence-corrected chi connectivity index (χ2v) is 5.82. The zero-order valence-electron chi connectivity index (χ0n) is 9.08. The second kappa shape index (κ2) is 6.33. The van der Waals surface area contributed by atoms with Crippen LogP contribution in [0.1, 0.15) is 26.7 Å². The van der Waals surface area contributed by atoms with Crippen molar-refractivity contribution in [3.05, 3.63) is 9.81 Å². The molecule has 0 spiro atoms. The molecular formula is C10H16O3S2. The van der Waals surface area contributed by atoms with Gasteiger partial charge in [-0.15, -0.1) is 11.8 Å². The molecule has 86 valence electrons. The number of rotatable bonds is 4. The first-order valence-electron chi connectivity index (χ1n) is 5.12. The molecule has 3 nitrogen and oxygen atoms in total. The third-order valence-electron chi connectivity index (χ3n) is 1.96. The van der Waals surface area contributed by atoms with E-state index >= 15 is 0 Å². The number of hydrogen-bond donors (Lipinski definition) is 0. The van der Waals surface area contributed by atoms with E-state index in [9.17, 15) is 9.00 Å². The van der Waals surface area contributed by atoms with Gasteiger partial charge >= 0.3 is 5.97 Å². The molecule has 0 radical (unpaired) electrons. The zero-order chi connectivity index (χ0) is 11.3. The third-order valence-corrected chi connectivity index (χ3v) is 4.96. The third kappa shape index (κ3) is 3.34. The quantitative estimate of drug-likeness (QED) is 0.714. The van der Waals surface area contributed by atoms with Crippen LogP contribution in [0.15, 0.2) is 9.81 Å². The van der Waals surface area contributed by atoms with Crippen LogP contribution in [0.2, 0.25) is 0 Å². The molecular weight excluding hydrogens is 232 g/mol. The summed E-state index contributed by atoms with van der Waals surface area (Å²) in [5.74, 6) is 1.00. The van der Waals surface area contributed by atoms with Crippen molar-refractivity contribution in [2.24, 2.45) is 0 Å². The fraction of sp³-hybridized carbons (Fsp3) is 0.700. The van der Waals surface area contributed by atoms with E-state index in [0.717, 1.165) is 23.5 Å². The highest BCUT2D eigenvalue weighted by molar-refractivity contribution is 8.06. The Morgan fingerprint density at radius 1 is 1.53 bits per heavy atom. The molecule has 1 heterocycles. The smallest absolute Gasteiger partial charge is 0.348 e. The predicted octanol–water partition coefficient (Wildman–Crippen LogP) is 2.06. The molecule has 1 atom stereocenters. The number of esters is 1. The lowest BCUT2D eigenvalue weighted by atomic mass is 10.3. The van der Waals surface area contributed by atoms with Crippen molar-refractivity contribution >= 4 is 28.5 Å². The number of carbonyl (C=O) groups excluding carboxylic acids is 1. The van der Waals surface area contributed by atoms with Gasteiger partial charge < -0.3 is 4.74 Å². The van der Waals surface area contributed by atoms with E-state index in [2.05, 4.69) is 0 Å². The SMILES string of the molecule is CCCC1=C(C(=O)OCC)S(=O)CCS1. The van der Waals surface area contributed by atoms with E-state index in [-0.39, 0.29) is 0 Å². The Labute approximate surface area is 97.1 Å². The first kappa shape index (κ1) is 12.8. The summed E-state index contributed by atoms with van der Waals surface area (Å²) >= 11 is 1.64. The molecule has 0 amide bonds. The fourth-order valence-corrected chi connectivity index (χ4v) is 4.36. The minimum atomic E-state index is -1.16. The van der Waals surface area contributed by atoms with Gasteiger partial charge in [0.1, 0.15) is 4.91 Å². The van der Waals surface area contributed by atoms with Crippen molar-refractivity contribution < 1.29 is 13.7 Å². The summed E-state index contributed by atoms with van der Waals surface area (Å²) in [4.78, 5) is 13.0. The summed E-state index contributed by atoms with van der Waals surface area (Å²) in [6.07, 6.45) is 1.78. The van der Waals surface area contributed by atoms with Crippen molar-refractivity contribution in [3.8, 4) is 0 Å². The maximum Gasteiger partial charge on any atom is 0.348 e. The molecule has 15 heavy (non-hydrogen) atoms. The number of ether oxygens (including phenoxy) is 1. The van der Waals surface area contributed by atoms with Gasteiger partial charge in [-0.3, -0.25) is 4.21 Å². The summed E-state index contributed by atoms with van der Waals surface area (Å²) in [6.45, 7) is 4.15. The molecule has 1 aliphatic heterocycles. The Bertz CT molecular complexity index is 297. The van der Waals surface area contributed by atoms with Gasteiger partial charge in [0, 0.05) is 16.4 Å². The Kier molecular flexibility index (Phi) is 5.39. The highest BCUT2D eigenvalue weighted by atomic mass is 32.2. The second-order valence-electron chi connectivity index (χ2n) is 3.12. The minimum absolute atomic E-state index is 0.337.